The quantitative estimate of drug-likeness (QED) is 0.896. The van der Waals surface area contributed by atoms with E-state index in [1.807, 2.05) is 19.2 Å². The summed E-state index contributed by atoms with van der Waals surface area (Å²) < 4.78 is 1.02. The van der Waals surface area contributed by atoms with Crippen molar-refractivity contribution in [3.8, 4) is 0 Å². The van der Waals surface area contributed by atoms with Crippen LogP contribution in [0.25, 0.3) is 10.9 Å². The smallest absolute Gasteiger partial charge is 0.129 e. The minimum Gasteiger partial charge on any atom is -0.373 e. The second kappa shape index (κ2) is 4.60. The first-order valence-corrected chi connectivity index (χ1v) is 6.29. The Balaban J connectivity index is 2.82. The second-order valence-electron chi connectivity index (χ2n) is 3.53. The molecule has 1 aromatic carbocycles. The molecule has 0 aliphatic rings. The fourth-order valence-corrected chi connectivity index (χ4v) is 2.36. The van der Waals surface area contributed by atoms with Gasteiger partial charge in [0.25, 0.3) is 0 Å². The van der Waals surface area contributed by atoms with Gasteiger partial charge in [-0.1, -0.05) is 34.5 Å². The molecule has 1 N–H and O–H groups in total. The highest BCUT2D eigenvalue weighted by atomic mass is 79.9. The summed E-state index contributed by atoms with van der Waals surface area (Å²) >= 11 is 9.66. The molecule has 2 nitrogen and oxygen atoms in total. The SMILES string of the molecule is CCc1cc2c(Br)ccc(Cl)c2nc1NC. The van der Waals surface area contributed by atoms with Crippen LogP contribution in [0.15, 0.2) is 22.7 Å². The van der Waals surface area contributed by atoms with Gasteiger partial charge in [0.1, 0.15) is 5.82 Å². The van der Waals surface area contributed by atoms with Gasteiger partial charge in [-0.2, -0.15) is 0 Å². The number of nitrogens with zero attached hydrogens (tertiary/aromatic N) is 1. The average molecular weight is 300 g/mol. The molecule has 0 unspecified atom stereocenters. The van der Waals surface area contributed by atoms with Gasteiger partial charge in [-0.25, -0.2) is 4.98 Å². The van der Waals surface area contributed by atoms with Gasteiger partial charge in [0, 0.05) is 16.9 Å². The van der Waals surface area contributed by atoms with Crippen LogP contribution in [0.4, 0.5) is 5.82 Å². The second-order valence-corrected chi connectivity index (χ2v) is 4.79. The van der Waals surface area contributed by atoms with Crippen LogP contribution in [0, 0.1) is 0 Å². The summed E-state index contributed by atoms with van der Waals surface area (Å²) in [7, 11) is 1.87. The molecule has 0 fully saturated rings. The molecule has 0 radical (unpaired) electrons. The predicted molar refractivity (Wildman–Crippen MR) is 73.4 cm³/mol. The van der Waals surface area contributed by atoms with Gasteiger partial charge in [-0.05, 0) is 30.2 Å². The number of aromatic nitrogens is 1. The molecule has 2 aromatic rings. The highest BCUT2D eigenvalue weighted by molar-refractivity contribution is 9.10. The van der Waals surface area contributed by atoms with Gasteiger partial charge >= 0.3 is 0 Å². The lowest BCUT2D eigenvalue weighted by Gasteiger charge is -2.10. The third kappa shape index (κ3) is 1.89. The van der Waals surface area contributed by atoms with Crippen molar-refractivity contribution in [3.63, 3.8) is 0 Å². The van der Waals surface area contributed by atoms with Gasteiger partial charge in [-0.3, -0.25) is 0 Å². The van der Waals surface area contributed by atoms with E-state index in [0.29, 0.717) is 5.02 Å². The molecule has 1 aromatic heterocycles. The summed E-state index contributed by atoms with van der Waals surface area (Å²) in [4.78, 5) is 4.55. The van der Waals surface area contributed by atoms with Gasteiger partial charge in [0.15, 0.2) is 0 Å². The average Bonchev–Trinajstić information content (AvgIpc) is 2.32. The number of benzene rings is 1. The molecule has 4 heteroatoms. The Morgan fingerprint density at radius 3 is 2.81 bits per heavy atom. The van der Waals surface area contributed by atoms with Gasteiger partial charge < -0.3 is 5.32 Å². The zero-order valence-corrected chi connectivity index (χ0v) is 11.5. The van der Waals surface area contributed by atoms with Crippen molar-refractivity contribution in [1.29, 1.82) is 0 Å². The normalized spacial score (nSPS) is 10.8. The topological polar surface area (TPSA) is 24.9 Å². The number of anilines is 1. The molecule has 0 atom stereocenters. The van der Waals surface area contributed by atoms with E-state index in [-0.39, 0.29) is 0 Å². The van der Waals surface area contributed by atoms with Crippen molar-refractivity contribution < 1.29 is 0 Å². The molecule has 2 rings (SSSR count). The predicted octanol–water partition coefficient (Wildman–Crippen LogP) is 4.25. The first-order valence-electron chi connectivity index (χ1n) is 5.12. The number of pyridine rings is 1. The standard InChI is InChI=1S/C12H12BrClN2/c1-3-7-6-8-9(13)4-5-10(14)11(8)16-12(7)15-2/h4-6H,3H2,1-2H3,(H,15,16). The molecular weight excluding hydrogens is 288 g/mol. The number of rotatable bonds is 2. The van der Waals surface area contributed by atoms with Crippen LogP contribution in [-0.2, 0) is 6.42 Å². The summed E-state index contributed by atoms with van der Waals surface area (Å²) in [5.41, 5.74) is 2.02. The van der Waals surface area contributed by atoms with Gasteiger partial charge in [-0.15, -0.1) is 0 Å². The number of hydrogen-bond donors (Lipinski definition) is 1. The number of nitrogens with one attached hydrogen (secondary N) is 1. The summed E-state index contributed by atoms with van der Waals surface area (Å²) in [6.45, 7) is 2.11. The summed E-state index contributed by atoms with van der Waals surface area (Å²) in [5.74, 6) is 0.898. The first kappa shape index (κ1) is 11.7. The third-order valence-electron chi connectivity index (χ3n) is 2.58. The fourth-order valence-electron chi connectivity index (χ4n) is 1.72. The largest absolute Gasteiger partial charge is 0.373 e. The van der Waals surface area contributed by atoms with Crippen LogP contribution in [0.1, 0.15) is 12.5 Å². The van der Waals surface area contributed by atoms with Crippen LogP contribution in [0.2, 0.25) is 5.02 Å². The molecule has 0 bridgehead atoms. The van der Waals surface area contributed by atoms with Gasteiger partial charge in [0.05, 0.1) is 10.5 Å². The molecule has 0 spiro atoms. The third-order valence-corrected chi connectivity index (χ3v) is 3.58. The van der Waals surface area contributed by atoms with Crippen molar-refractivity contribution in [2.45, 2.75) is 13.3 Å². The Morgan fingerprint density at radius 1 is 1.44 bits per heavy atom. The first-order chi connectivity index (χ1) is 7.67. The Hall–Kier alpha value is -0.800. The van der Waals surface area contributed by atoms with Crippen LogP contribution in [0.5, 0.6) is 0 Å². The molecule has 0 saturated carbocycles. The molecule has 0 amide bonds. The fraction of sp³-hybridized carbons (Fsp3) is 0.250. The number of fused-ring (bicyclic) bond motifs is 1. The minimum absolute atomic E-state index is 0.678. The van der Waals surface area contributed by atoms with E-state index in [2.05, 4.69) is 39.2 Å². The summed E-state index contributed by atoms with van der Waals surface area (Å²) in [6.07, 6.45) is 0.943. The Bertz CT molecular complexity index is 492. The van der Waals surface area contributed by atoms with E-state index in [9.17, 15) is 0 Å². The van der Waals surface area contributed by atoms with Crippen molar-refractivity contribution >= 4 is 44.3 Å². The van der Waals surface area contributed by atoms with Crippen LogP contribution in [0.3, 0.4) is 0 Å². The molecule has 0 aliphatic heterocycles. The zero-order valence-electron chi connectivity index (χ0n) is 9.14. The molecule has 16 heavy (non-hydrogen) atoms. The van der Waals surface area contributed by atoms with Crippen molar-refractivity contribution in [2.75, 3.05) is 12.4 Å². The number of halogens is 2. The Morgan fingerprint density at radius 2 is 2.19 bits per heavy atom. The summed E-state index contributed by atoms with van der Waals surface area (Å²) in [5, 5.41) is 4.84. The molecular formula is C12H12BrClN2. The van der Waals surface area contributed by atoms with Crippen molar-refractivity contribution in [2.24, 2.45) is 0 Å². The van der Waals surface area contributed by atoms with E-state index in [0.717, 1.165) is 27.6 Å². The zero-order chi connectivity index (χ0) is 11.7. The van der Waals surface area contributed by atoms with Crippen LogP contribution >= 0.6 is 27.5 Å². The monoisotopic (exact) mass is 298 g/mol. The Kier molecular flexibility index (Phi) is 3.36. The lowest BCUT2D eigenvalue weighted by molar-refractivity contribution is 1.12. The lowest BCUT2D eigenvalue weighted by atomic mass is 10.1. The summed E-state index contributed by atoms with van der Waals surface area (Å²) in [6, 6.07) is 5.93. The maximum absolute atomic E-state index is 6.14. The van der Waals surface area contributed by atoms with Gasteiger partial charge in [0.2, 0.25) is 0 Å². The van der Waals surface area contributed by atoms with Crippen LogP contribution in [-0.4, -0.2) is 12.0 Å². The lowest BCUT2D eigenvalue weighted by Crippen LogP contribution is -1.98. The van der Waals surface area contributed by atoms with E-state index in [4.69, 9.17) is 11.6 Å². The van der Waals surface area contributed by atoms with Crippen molar-refractivity contribution in [3.05, 3.63) is 33.3 Å². The van der Waals surface area contributed by atoms with E-state index < -0.39 is 0 Å². The molecule has 1 heterocycles. The minimum atomic E-state index is 0.678. The Labute approximate surface area is 108 Å². The highest BCUT2D eigenvalue weighted by Crippen LogP contribution is 2.31. The molecule has 84 valence electrons. The number of aryl methyl sites for hydroxylation is 1. The number of hydrogen-bond acceptors (Lipinski definition) is 2. The maximum atomic E-state index is 6.14. The maximum Gasteiger partial charge on any atom is 0.129 e. The molecule has 0 saturated heterocycles. The van der Waals surface area contributed by atoms with E-state index in [1.165, 1.54) is 5.56 Å². The molecule has 0 aliphatic carbocycles. The van der Waals surface area contributed by atoms with E-state index in [1.54, 1.807) is 0 Å². The van der Waals surface area contributed by atoms with Crippen LogP contribution < -0.4 is 5.32 Å². The van der Waals surface area contributed by atoms with E-state index >= 15 is 0 Å². The highest BCUT2D eigenvalue weighted by Gasteiger charge is 2.09. The van der Waals surface area contributed by atoms with Crippen molar-refractivity contribution in [1.82, 2.24) is 4.98 Å².